The van der Waals surface area contributed by atoms with Crippen LogP contribution in [0.4, 0.5) is 16.2 Å². The van der Waals surface area contributed by atoms with E-state index in [0.717, 1.165) is 24.1 Å². The van der Waals surface area contributed by atoms with E-state index in [1.807, 2.05) is 13.0 Å². The summed E-state index contributed by atoms with van der Waals surface area (Å²) in [7, 11) is 0. The number of hydrogen-bond donors (Lipinski definition) is 3. The van der Waals surface area contributed by atoms with Crippen LogP contribution in [0.15, 0.2) is 30.3 Å². The van der Waals surface area contributed by atoms with Crippen LogP contribution in [0.3, 0.4) is 0 Å². The number of carbonyl (C=O) groups is 2. The van der Waals surface area contributed by atoms with Gasteiger partial charge in [0.1, 0.15) is 0 Å². The standard InChI is InChI=1S/C18H21N3O2S/c1-3-12-10-16(24-11(12)2)17(22)19-13-4-6-14(7-5-13)20-18(23)21-15-8-9-15/h4-7,10,15H,3,8-9H2,1-2H3,(H,19,22)(H2,20,21,23). The summed E-state index contributed by atoms with van der Waals surface area (Å²) >= 11 is 1.51. The van der Waals surface area contributed by atoms with Crippen molar-refractivity contribution in [2.75, 3.05) is 10.6 Å². The van der Waals surface area contributed by atoms with Crippen molar-refractivity contribution in [3.05, 3.63) is 45.6 Å². The van der Waals surface area contributed by atoms with Crippen molar-refractivity contribution in [3.63, 3.8) is 0 Å². The highest BCUT2D eigenvalue weighted by molar-refractivity contribution is 7.14. The second-order valence-electron chi connectivity index (χ2n) is 5.95. The molecule has 6 heteroatoms. The summed E-state index contributed by atoms with van der Waals surface area (Å²) in [5.74, 6) is -0.102. The Morgan fingerprint density at radius 3 is 2.29 bits per heavy atom. The van der Waals surface area contributed by atoms with Crippen LogP contribution in [-0.2, 0) is 6.42 Å². The van der Waals surface area contributed by atoms with Crippen molar-refractivity contribution in [1.82, 2.24) is 5.32 Å². The Kier molecular flexibility index (Phi) is 4.85. The summed E-state index contributed by atoms with van der Waals surface area (Å²) < 4.78 is 0. The van der Waals surface area contributed by atoms with E-state index in [0.29, 0.717) is 17.4 Å². The molecule has 1 aromatic carbocycles. The smallest absolute Gasteiger partial charge is 0.319 e. The van der Waals surface area contributed by atoms with Crippen LogP contribution in [0.5, 0.6) is 0 Å². The molecule has 3 N–H and O–H groups in total. The highest BCUT2D eigenvalue weighted by Crippen LogP contribution is 2.23. The number of nitrogens with one attached hydrogen (secondary N) is 3. The second kappa shape index (κ2) is 7.05. The SMILES string of the molecule is CCc1cc(C(=O)Nc2ccc(NC(=O)NC3CC3)cc2)sc1C. The van der Waals surface area contributed by atoms with E-state index in [2.05, 4.69) is 22.9 Å². The van der Waals surface area contributed by atoms with E-state index >= 15 is 0 Å². The molecule has 126 valence electrons. The topological polar surface area (TPSA) is 70.2 Å². The number of anilines is 2. The molecular weight excluding hydrogens is 322 g/mol. The summed E-state index contributed by atoms with van der Waals surface area (Å²) in [5, 5.41) is 8.54. The van der Waals surface area contributed by atoms with Crippen LogP contribution < -0.4 is 16.0 Å². The predicted molar refractivity (Wildman–Crippen MR) is 98.0 cm³/mol. The zero-order valence-corrected chi connectivity index (χ0v) is 14.6. The first kappa shape index (κ1) is 16.5. The highest BCUT2D eigenvalue weighted by Gasteiger charge is 2.23. The molecule has 2 aromatic rings. The molecule has 0 unspecified atom stereocenters. The number of benzene rings is 1. The third kappa shape index (κ3) is 4.14. The highest BCUT2D eigenvalue weighted by atomic mass is 32.1. The van der Waals surface area contributed by atoms with Crippen molar-refractivity contribution in [2.24, 2.45) is 0 Å². The van der Waals surface area contributed by atoms with Crippen LogP contribution in [0, 0.1) is 6.92 Å². The average Bonchev–Trinajstić information content (AvgIpc) is 3.28. The fourth-order valence-electron chi connectivity index (χ4n) is 2.39. The largest absolute Gasteiger partial charge is 0.335 e. The lowest BCUT2D eigenvalue weighted by Crippen LogP contribution is -2.30. The minimum Gasteiger partial charge on any atom is -0.335 e. The van der Waals surface area contributed by atoms with E-state index in [4.69, 9.17) is 0 Å². The van der Waals surface area contributed by atoms with Gasteiger partial charge >= 0.3 is 6.03 Å². The van der Waals surface area contributed by atoms with Crippen LogP contribution in [0.25, 0.3) is 0 Å². The maximum atomic E-state index is 12.3. The van der Waals surface area contributed by atoms with Crippen molar-refractivity contribution in [3.8, 4) is 0 Å². The van der Waals surface area contributed by atoms with Crippen molar-refractivity contribution >= 4 is 34.6 Å². The van der Waals surface area contributed by atoms with Gasteiger partial charge in [-0.3, -0.25) is 4.79 Å². The molecule has 24 heavy (non-hydrogen) atoms. The molecule has 1 saturated carbocycles. The van der Waals surface area contributed by atoms with E-state index < -0.39 is 0 Å². The zero-order valence-electron chi connectivity index (χ0n) is 13.8. The van der Waals surface area contributed by atoms with Crippen LogP contribution >= 0.6 is 11.3 Å². The van der Waals surface area contributed by atoms with Gasteiger partial charge in [0.25, 0.3) is 5.91 Å². The lowest BCUT2D eigenvalue weighted by atomic mass is 10.2. The normalized spacial score (nSPS) is 13.4. The minimum atomic E-state index is -0.185. The Hall–Kier alpha value is -2.34. The van der Waals surface area contributed by atoms with Gasteiger partial charge in [-0.05, 0) is 62.1 Å². The molecule has 1 aromatic heterocycles. The molecule has 0 spiro atoms. The van der Waals surface area contributed by atoms with Gasteiger partial charge in [-0.2, -0.15) is 0 Å². The first-order valence-electron chi connectivity index (χ1n) is 8.13. The number of amides is 3. The molecule has 1 fully saturated rings. The molecule has 5 nitrogen and oxygen atoms in total. The van der Waals surface area contributed by atoms with E-state index in [1.54, 1.807) is 24.3 Å². The summed E-state index contributed by atoms with van der Waals surface area (Å²) in [4.78, 5) is 25.9. The van der Waals surface area contributed by atoms with Crippen LogP contribution in [-0.4, -0.2) is 18.0 Å². The number of hydrogen-bond acceptors (Lipinski definition) is 3. The lowest BCUT2D eigenvalue weighted by molar-refractivity contribution is 0.103. The third-order valence-electron chi connectivity index (χ3n) is 3.94. The number of rotatable bonds is 5. The molecule has 3 rings (SSSR count). The van der Waals surface area contributed by atoms with Gasteiger partial charge in [0, 0.05) is 22.3 Å². The molecule has 0 aliphatic heterocycles. The number of thiophene rings is 1. The Bertz CT molecular complexity index is 748. The molecule has 0 bridgehead atoms. The monoisotopic (exact) mass is 343 g/mol. The Labute approximate surface area is 145 Å². The lowest BCUT2D eigenvalue weighted by Gasteiger charge is -2.08. The molecule has 3 amide bonds. The average molecular weight is 343 g/mol. The predicted octanol–water partition coefficient (Wildman–Crippen LogP) is 4.16. The molecule has 0 saturated heterocycles. The Morgan fingerprint density at radius 1 is 1.12 bits per heavy atom. The minimum absolute atomic E-state index is 0.102. The van der Waals surface area contributed by atoms with Gasteiger partial charge in [-0.25, -0.2) is 4.79 Å². The molecule has 0 atom stereocenters. The molecular formula is C18H21N3O2S. The summed E-state index contributed by atoms with van der Waals surface area (Å²) in [6.07, 6.45) is 3.04. The Balaban J connectivity index is 1.58. The van der Waals surface area contributed by atoms with Crippen molar-refractivity contribution < 1.29 is 9.59 Å². The number of aryl methyl sites for hydroxylation is 2. The van der Waals surface area contributed by atoms with Crippen molar-refractivity contribution in [2.45, 2.75) is 39.2 Å². The van der Waals surface area contributed by atoms with Crippen LogP contribution in [0.2, 0.25) is 0 Å². The second-order valence-corrected chi connectivity index (χ2v) is 7.21. The first-order chi connectivity index (χ1) is 11.5. The first-order valence-corrected chi connectivity index (χ1v) is 8.95. The van der Waals surface area contributed by atoms with Crippen LogP contribution in [0.1, 0.15) is 39.9 Å². The third-order valence-corrected chi connectivity index (χ3v) is 5.03. The summed E-state index contributed by atoms with van der Waals surface area (Å²) in [5.41, 5.74) is 2.62. The summed E-state index contributed by atoms with van der Waals surface area (Å²) in [6, 6.07) is 9.21. The van der Waals surface area contributed by atoms with Crippen molar-refractivity contribution in [1.29, 1.82) is 0 Å². The number of urea groups is 1. The molecule has 0 radical (unpaired) electrons. The quantitative estimate of drug-likeness (QED) is 0.763. The van der Waals surface area contributed by atoms with E-state index in [-0.39, 0.29) is 11.9 Å². The van der Waals surface area contributed by atoms with Gasteiger partial charge in [-0.15, -0.1) is 11.3 Å². The summed E-state index contributed by atoms with van der Waals surface area (Å²) in [6.45, 7) is 4.12. The van der Waals surface area contributed by atoms with Gasteiger partial charge in [-0.1, -0.05) is 6.92 Å². The molecule has 1 heterocycles. The fourth-order valence-corrected chi connectivity index (χ4v) is 3.40. The Morgan fingerprint density at radius 2 is 1.75 bits per heavy atom. The fraction of sp³-hybridized carbons (Fsp3) is 0.333. The van der Waals surface area contributed by atoms with E-state index in [1.165, 1.54) is 21.8 Å². The number of carbonyl (C=O) groups excluding carboxylic acids is 2. The van der Waals surface area contributed by atoms with Gasteiger partial charge in [0.05, 0.1) is 4.88 Å². The van der Waals surface area contributed by atoms with Gasteiger partial charge in [0.2, 0.25) is 0 Å². The molecule has 1 aliphatic rings. The van der Waals surface area contributed by atoms with Gasteiger partial charge in [0.15, 0.2) is 0 Å². The molecule has 1 aliphatic carbocycles. The maximum absolute atomic E-state index is 12.3. The van der Waals surface area contributed by atoms with Gasteiger partial charge < -0.3 is 16.0 Å². The maximum Gasteiger partial charge on any atom is 0.319 e. The van der Waals surface area contributed by atoms with E-state index in [9.17, 15) is 9.59 Å². The zero-order chi connectivity index (χ0) is 17.1.